The van der Waals surface area contributed by atoms with E-state index < -0.39 is 23.4 Å². The van der Waals surface area contributed by atoms with Crippen molar-refractivity contribution in [3.05, 3.63) is 59.7 Å². The lowest BCUT2D eigenvalue weighted by Gasteiger charge is -2.28. The van der Waals surface area contributed by atoms with Crippen LogP contribution in [0.25, 0.3) is 0 Å². The molecule has 7 heteroatoms. The Labute approximate surface area is 182 Å². The van der Waals surface area contributed by atoms with E-state index in [4.69, 9.17) is 0 Å². The molecule has 0 aromatic heterocycles. The van der Waals surface area contributed by atoms with Gasteiger partial charge in [-0.15, -0.1) is 0 Å². The molecule has 0 aliphatic carbocycles. The SMILES string of the molecule is Cc1ccc(C2(C)NC(=O)N(CC(=O)Nc3ccc(N4CCCCC4)cc3)C2=O)cc1. The Morgan fingerprint density at radius 2 is 1.65 bits per heavy atom. The number of nitrogens with zero attached hydrogens (tertiary/aromatic N) is 2. The number of anilines is 2. The summed E-state index contributed by atoms with van der Waals surface area (Å²) >= 11 is 0. The maximum absolute atomic E-state index is 13.0. The van der Waals surface area contributed by atoms with Crippen molar-refractivity contribution < 1.29 is 14.4 Å². The van der Waals surface area contributed by atoms with E-state index >= 15 is 0 Å². The number of imide groups is 1. The lowest BCUT2D eigenvalue weighted by atomic mass is 9.91. The van der Waals surface area contributed by atoms with E-state index in [1.54, 1.807) is 6.92 Å². The molecule has 2 aliphatic heterocycles. The maximum atomic E-state index is 13.0. The van der Waals surface area contributed by atoms with Gasteiger partial charge in [-0.2, -0.15) is 0 Å². The average molecular weight is 421 g/mol. The van der Waals surface area contributed by atoms with Crippen molar-refractivity contribution in [2.24, 2.45) is 0 Å². The smallest absolute Gasteiger partial charge is 0.325 e. The Morgan fingerprint density at radius 1 is 1.00 bits per heavy atom. The van der Waals surface area contributed by atoms with Crippen LogP contribution in [-0.2, 0) is 15.1 Å². The minimum atomic E-state index is -1.18. The number of benzene rings is 2. The summed E-state index contributed by atoms with van der Waals surface area (Å²) in [5.41, 5.74) is 2.35. The third-order valence-corrected chi connectivity index (χ3v) is 6.08. The molecule has 0 radical (unpaired) electrons. The van der Waals surface area contributed by atoms with Crippen LogP contribution in [0.4, 0.5) is 16.2 Å². The van der Waals surface area contributed by atoms with Gasteiger partial charge in [-0.1, -0.05) is 29.8 Å². The van der Waals surface area contributed by atoms with Crippen molar-refractivity contribution in [1.29, 1.82) is 0 Å². The lowest BCUT2D eigenvalue weighted by molar-refractivity contribution is -0.133. The lowest BCUT2D eigenvalue weighted by Crippen LogP contribution is -2.42. The molecule has 2 heterocycles. The fraction of sp³-hybridized carbons (Fsp3) is 0.375. The topological polar surface area (TPSA) is 81.8 Å². The van der Waals surface area contributed by atoms with Crippen LogP contribution in [0.2, 0.25) is 0 Å². The molecule has 2 fully saturated rings. The second kappa shape index (κ2) is 8.41. The molecule has 0 saturated carbocycles. The first kappa shape index (κ1) is 20.9. The minimum Gasteiger partial charge on any atom is -0.372 e. The molecule has 0 spiro atoms. The highest BCUT2D eigenvalue weighted by molar-refractivity contribution is 6.10. The first-order chi connectivity index (χ1) is 14.9. The van der Waals surface area contributed by atoms with Crippen LogP contribution >= 0.6 is 0 Å². The van der Waals surface area contributed by atoms with Crippen LogP contribution in [0.1, 0.15) is 37.3 Å². The molecule has 162 valence electrons. The second-order valence-electron chi connectivity index (χ2n) is 8.46. The number of urea groups is 1. The number of hydrogen-bond acceptors (Lipinski definition) is 4. The largest absolute Gasteiger partial charge is 0.372 e. The molecule has 2 saturated heterocycles. The predicted octanol–water partition coefficient (Wildman–Crippen LogP) is 3.39. The van der Waals surface area contributed by atoms with Crippen LogP contribution in [0, 0.1) is 6.92 Å². The van der Waals surface area contributed by atoms with E-state index in [1.807, 2.05) is 55.5 Å². The Hall–Kier alpha value is -3.35. The molecule has 4 rings (SSSR count). The molecular formula is C24H28N4O3. The molecule has 2 aliphatic rings. The number of amides is 4. The molecule has 1 atom stereocenters. The standard InChI is InChI=1S/C24H28N4O3/c1-17-6-8-18(9-7-17)24(2)22(30)28(23(31)26-24)16-21(29)25-19-10-12-20(13-11-19)27-14-4-3-5-15-27/h6-13H,3-5,14-16H2,1-2H3,(H,25,29)(H,26,31). The number of piperidine rings is 1. The van der Waals surface area contributed by atoms with Gasteiger partial charge < -0.3 is 15.5 Å². The molecular weight excluding hydrogens is 392 g/mol. The van der Waals surface area contributed by atoms with E-state index in [1.165, 1.54) is 19.3 Å². The van der Waals surface area contributed by atoms with E-state index in [2.05, 4.69) is 15.5 Å². The van der Waals surface area contributed by atoms with Crippen molar-refractivity contribution in [3.8, 4) is 0 Å². The molecule has 0 bridgehead atoms. The summed E-state index contributed by atoms with van der Waals surface area (Å²) in [5, 5.41) is 5.51. The van der Waals surface area contributed by atoms with Crippen molar-refractivity contribution in [2.45, 2.75) is 38.6 Å². The Morgan fingerprint density at radius 3 is 2.29 bits per heavy atom. The van der Waals surface area contributed by atoms with E-state index in [-0.39, 0.29) is 6.54 Å². The maximum Gasteiger partial charge on any atom is 0.325 e. The first-order valence-electron chi connectivity index (χ1n) is 10.7. The van der Waals surface area contributed by atoms with Crippen LogP contribution in [0.5, 0.6) is 0 Å². The van der Waals surface area contributed by atoms with Crippen LogP contribution < -0.4 is 15.5 Å². The van der Waals surface area contributed by atoms with Gasteiger partial charge in [0.15, 0.2) is 0 Å². The third-order valence-electron chi connectivity index (χ3n) is 6.08. The first-order valence-corrected chi connectivity index (χ1v) is 10.7. The number of carbonyl (C=O) groups is 3. The van der Waals surface area contributed by atoms with Gasteiger partial charge in [0.25, 0.3) is 5.91 Å². The summed E-state index contributed by atoms with van der Waals surface area (Å²) in [6, 6.07) is 14.5. The normalized spacial score (nSPS) is 21.2. The van der Waals surface area contributed by atoms with Gasteiger partial charge in [0.05, 0.1) is 0 Å². The van der Waals surface area contributed by atoms with Gasteiger partial charge in [0, 0.05) is 24.5 Å². The fourth-order valence-corrected chi connectivity index (χ4v) is 4.17. The van der Waals surface area contributed by atoms with Gasteiger partial charge in [0.1, 0.15) is 12.1 Å². The van der Waals surface area contributed by atoms with Crippen molar-refractivity contribution in [1.82, 2.24) is 10.2 Å². The second-order valence-corrected chi connectivity index (χ2v) is 8.46. The third kappa shape index (κ3) is 4.26. The van der Waals surface area contributed by atoms with E-state index in [0.29, 0.717) is 11.3 Å². The van der Waals surface area contributed by atoms with E-state index in [9.17, 15) is 14.4 Å². The molecule has 1 unspecified atom stereocenters. The van der Waals surface area contributed by atoms with Crippen LogP contribution in [0.15, 0.2) is 48.5 Å². The number of aryl methyl sites for hydroxylation is 1. The quantitative estimate of drug-likeness (QED) is 0.727. The molecule has 2 aromatic rings. The van der Waals surface area contributed by atoms with Crippen LogP contribution in [-0.4, -0.2) is 42.4 Å². The monoisotopic (exact) mass is 420 g/mol. The molecule has 4 amide bonds. The fourth-order valence-electron chi connectivity index (χ4n) is 4.17. The predicted molar refractivity (Wildman–Crippen MR) is 120 cm³/mol. The Kier molecular flexibility index (Phi) is 5.67. The Balaban J connectivity index is 1.39. The summed E-state index contributed by atoms with van der Waals surface area (Å²) in [7, 11) is 0. The zero-order chi connectivity index (χ0) is 22.0. The van der Waals surface area contributed by atoms with Crippen molar-refractivity contribution in [3.63, 3.8) is 0 Å². The van der Waals surface area contributed by atoms with Gasteiger partial charge in [-0.25, -0.2) is 4.79 Å². The molecule has 31 heavy (non-hydrogen) atoms. The van der Waals surface area contributed by atoms with Crippen molar-refractivity contribution in [2.75, 3.05) is 29.9 Å². The minimum absolute atomic E-state index is 0.333. The zero-order valence-electron chi connectivity index (χ0n) is 18.0. The van der Waals surface area contributed by atoms with Crippen molar-refractivity contribution >= 4 is 29.2 Å². The van der Waals surface area contributed by atoms with Gasteiger partial charge in [-0.05, 0) is 62.9 Å². The summed E-state index contributed by atoms with van der Waals surface area (Å²) in [4.78, 5) is 41.3. The summed E-state index contributed by atoms with van der Waals surface area (Å²) in [6.07, 6.45) is 3.67. The molecule has 2 aromatic carbocycles. The average Bonchev–Trinajstić information content (AvgIpc) is 2.99. The zero-order valence-corrected chi connectivity index (χ0v) is 18.0. The number of carbonyl (C=O) groups excluding carboxylic acids is 3. The summed E-state index contributed by atoms with van der Waals surface area (Å²) in [6.45, 7) is 5.39. The number of nitrogens with one attached hydrogen (secondary N) is 2. The van der Waals surface area contributed by atoms with E-state index in [0.717, 1.165) is 29.2 Å². The highest BCUT2D eigenvalue weighted by Gasteiger charge is 2.49. The van der Waals surface area contributed by atoms with Gasteiger partial charge >= 0.3 is 6.03 Å². The van der Waals surface area contributed by atoms with Gasteiger partial charge in [0.2, 0.25) is 5.91 Å². The number of hydrogen-bond donors (Lipinski definition) is 2. The summed E-state index contributed by atoms with van der Waals surface area (Å²) in [5.74, 6) is -0.848. The highest BCUT2D eigenvalue weighted by atomic mass is 16.2. The Bertz CT molecular complexity index is 981. The van der Waals surface area contributed by atoms with Gasteiger partial charge in [-0.3, -0.25) is 14.5 Å². The molecule has 7 nitrogen and oxygen atoms in total. The highest BCUT2D eigenvalue weighted by Crippen LogP contribution is 2.29. The number of rotatable bonds is 5. The summed E-state index contributed by atoms with van der Waals surface area (Å²) < 4.78 is 0. The van der Waals surface area contributed by atoms with Crippen LogP contribution in [0.3, 0.4) is 0 Å². The molecule has 2 N–H and O–H groups in total.